The summed E-state index contributed by atoms with van der Waals surface area (Å²) in [5.41, 5.74) is 3.01. The Morgan fingerprint density at radius 3 is 2.50 bits per heavy atom. The van der Waals surface area contributed by atoms with Crippen molar-refractivity contribution in [2.75, 3.05) is 19.4 Å². The number of fused-ring (bicyclic) bond motifs is 1. The van der Waals surface area contributed by atoms with Gasteiger partial charge in [-0.25, -0.2) is 0 Å². The summed E-state index contributed by atoms with van der Waals surface area (Å²) in [5, 5.41) is 5.68. The molecule has 3 rings (SSSR count). The molecule has 1 aliphatic rings. The third kappa shape index (κ3) is 3.74. The Labute approximate surface area is 152 Å². The molecule has 6 nitrogen and oxygen atoms in total. The Hall–Kier alpha value is -3.15. The van der Waals surface area contributed by atoms with Crippen molar-refractivity contribution in [2.24, 2.45) is 0 Å². The number of nitrogens with zero attached hydrogens (tertiary/aromatic N) is 1. The molecule has 6 heteroatoms. The summed E-state index contributed by atoms with van der Waals surface area (Å²) in [6.07, 6.45) is 0.138. The van der Waals surface area contributed by atoms with Crippen molar-refractivity contribution in [3.63, 3.8) is 0 Å². The normalized spacial score (nSPS) is 15.6. The van der Waals surface area contributed by atoms with Crippen LogP contribution in [0.5, 0.6) is 0 Å². The highest BCUT2D eigenvalue weighted by molar-refractivity contribution is 6.01. The summed E-state index contributed by atoms with van der Waals surface area (Å²) in [5.74, 6) is -0.893. The Bertz CT molecular complexity index is 844. The Morgan fingerprint density at radius 2 is 1.81 bits per heavy atom. The standard InChI is InChI=1S/C20H21N3O3/c1-23(2)20(26)14-9-7-13(8-10-14)12-21-19(25)16-11-18(24)22-17-6-4-3-5-15(16)17/h3-10,16H,11-12H2,1-2H3,(H,21,25)(H,22,24). The van der Waals surface area contributed by atoms with E-state index in [0.29, 0.717) is 17.8 Å². The van der Waals surface area contributed by atoms with Gasteiger partial charge in [0.05, 0.1) is 5.92 Å². The molecule has 0 saturated carbocycles. The van der Waals surface area contributed by atoms with E-state index in [4.69, 9.17) is 0 Å². The number of hydrogen-bond donors (Lipinski definition) is 2. The van der Waals surface area contributed by atoms with Crippen molar-refractivity contribution in [3.8, 4) is 0 Å². The third-order valence-electron chi connectivity index (χ3n) is 4.39. The van der Waals surface area contributed by atoms with Gasteiger partial charge in [-0.15, -0.1) is 0 Å². The van der Waals surface area contributed by atoms with E-state index in [1.807, 2.05) is 30.3 Å². The van der Waals surface area contributed by atoms with Gasteiger partial charge in [0.25, 0.3) is 5.91 Å². The number of amides is 3. The highest BCUT2D eigenvalue weighted by atomic mass is 16.2. The van der Waals surface area contributed by atoms with Gasteiger partial charge < -0.3 is 15.5 Å². The predicted molar refractivity (Wildman–Crippen MR) is 98.7 cm³/mol. The van der Waals surface area contributed by atoms with Gasteiger partial charge in [0.15, 0.2) is 0 Å². The third-order valence-corrected chi connectivity index (χ3v) is 4.39. The van der Waals surface area contributed by atoms with E-state index in [1.54, 1.807) is 32.3 Å². The van der Waals surface area contributed by atoms with Gasteiger partial charge in [-0.1, -0.05) is 30.3 Å². The zero-order chi connectivity index (χ0) is 18.7. The number of carbonyl (C=O) groups is 3. The van der Waals surface area contributed by atoms with Gasteiger partial charge in [0.1, 0.15) is 0 Å². The second kappa shape index (κ2) is 7.39. The topological polar surface area (TPSA) is 78.5 Å². The van der Waals surface area contributed by atoms with Crippen molar-refractivity contribution in [3.05, 3.63) is 65.2 Å². The number of carbonyl (C=O) groups excluding carboxylic acids is 3. The molecule has 0 spiro atoms. The number of para-hydroxylation sites is 1. The van der Waals surface area contributed by atoms with Crippen LogP contribution in [0.25, 0.3) is 0 Å². The van der Waals surface area contributed by atoms with Crippen LogP contribution in [0, 0.1) is 0 Å². The molecule has 0 aliphatic carbocycles. The highest BCUT2D eigenvalue weighted by Crippen LogP contribution is 2.32. The quantitative estimate of drug-likeness (QED) is 0.886. The molecule has 1 unspecified atom stereocenters. The van der Waals surface area contributed by atoms with E-state index in [0.717, 1.165) is 11.1 Å². The average Bonchev–Trinajstić information content (AvgIpc) is 2.65. The largest absolute Gasteiger partial charge is 0.351 e. The fourth-order valence-electron chi connectivity index (χ4n) is 2.98. The fourth-order valence-corrected chi connectivity index (χ4v) is 2.98. The molecule has 2 aromatic carbocycles. The van der Waals surface area contributed by atoms with Gasteiger partial charge in [0.2, 0.25) is 11.8 Å². The van der Waals surface area contributed by atoms with Crippen LogP contribution in [-0.4, -0.2) is 36.7 Å². The number of anilines is 1. The number of rotatable bonds is 4. The van der Waals surface area contributed by atoms with Crippen molar-refractivity contribution in [1.82, 2.24) is 10.2 Å². The van der Waals surface area contributed by atoms with Gasteiger partial charge in [-0.2, -0.15) is 0 Å². The highest BCUT2D eigenvalue weighted by Gasteiger charge is 2.30. The zero-order valence-electron chi connectivity index (χ0n) is 14.8. The SMILES string of the molecule is CN(C)C(=O)c1ccc(CNC(=O)C2CC(=O)Nc3ccccc32)cc1. The van der Waals surface area contributed by atoms with Crippen LogP contribution >= 0.6 is 0 Å². The van der Waals surface area contributed by atoms with Crippen molar-refractivity contribution in [1.29, 1.82) is 0 Å². The van der Waals surface area contributed by atoms with E-state index < -0.39 is 5.92 Å². The first-order chi connectivity index (χ1) is 12.5. The second-order valence-electron chi connectivity index (χ2n) is 6.51. The maximum atomic E-state index is 12.6. The van der Waals surface area contributed by atoms with Crippen LogP contribution in [0.15, 0.2) is 48.5 Å². The lowest BCUT2D eigenvalue weighted by Gasteiger charge is -2.24. The van der Waals surface area contributed by atoms with Crippen LogP contribution in [0.2, 0.25) is 0 Å². The Morgan fingerprint density at radius 1 is 1.12 bits per heavy atom. The van der Waals surface area contributed by atoms with Crippen LogP contribution in [0.4, 0.5) is 5.69 Å². The molecular weight excluding hydrogens is 330 g/mol. The summed E-state index contributed by atoms with van der Waals surface area (Å²) >= 11 is 0. The molecule has 1 atom stereocenters. The number of benzene rings is 2. The maximum absolute atomic E-state index is 12.6. The van der Waals surface area contributed by atoms with Crippen LogP contribution in [0.1, 0.15) is 33.8 Å². The molecular formula is C20H21N3O3. The monoisotopic (exact) mass is 351 g/mol. The minimum absolute atomic E-state index is 0.0644. The van der Waals surface area contributed by atoms with Gasteiger partial charge in [0, 0.05) is 38.3 Å². The molecule has 3 amide bonds. The van der Waals surface area contributed by atoms with E-state index in [9.17, 15) is 14.4 Å². The minimum atomic E-state index is -0.491. The summed E-state index contributed by atoms with van der Waals surface area (Å²) in [6.45, 7) is 0.343. The number of nitrogens with one attached hydrogen (secondary N) is 2. The Balaban J connectivity index is 1.66. The first kappa shape index (κ1) is 17.7. The molecule has 0 bridgehead atoms. The Kier molecular flexibility index (Phi) is 5.02. The molecule has 0 radical (unpaired) electrons. The van der Waals surface area contributed by atoms with E-state index >= 15 is 0 Å². The number of hydrogen-bond acceptors (Lipinski definition) is 3. The first-order valence-corrected chi connectivity index (χ1v) is 8.43. The van der Waals surface area contributed by atoms with Crippen LogP contribution < -0.4 is 10.6 Å². The lowest BCUT2D eigenvalue weighted by molar-refractivity contribution is -0.126. The minimum Gasteiger partial charge on any atom is -0.351 e. The summed E-state index contributed by atoms with van der Waals surface area (Å²) in [7, 11) is 3.41. The lowest BCUT2D eigenvalue weighted by Crippen LogP contribution is -2.34. The predicted octanol–water partition coefficient (Wildman–Crippen LogP) is 2.13. The van der Waals surface area contributed by atoms with Crippen molar-refractivity contribution < 1.29 is 14.4 Å². The van der Waals surface area contributed by atoms with Gasteiger partial charge >= 0.3 is 0 Å². The molecule has 1 aliphatic heterocycles. The van der Waals surface area contributed by atoms with Gasteiger partial charge in [-0.05, 0) is 29.3 Å². The maximum Gasteiger partial charge on any atom is 0.253 e. The molecule has 134 valence electrons. The fraction of sp³-hybridized carbons (Fsp3) is 0.250. The molecule has 0 fully saturated rings. The first-order valence-electron chi connectivity index (χ1n) is 8.43. The molecule has 2 aromatic rings. The van der Waals surface area contributed by atoms with E-state index in [1.165, 1.54) is 4.90 Å². The second-order valence-corrected chi connectivity index (χ2v) is 6.51. The van der Waals surface area contributed by atoms with Crippen molar-refractivity contribution in [2.45, 2.75) is 18.9 Å². The molecule has 0 aromatic heterocycles. The molecule has 1 heterocycles. The zero-order valence-corrected chi connectivity index (χ0v) is 14.8. The lowest BCUT2D eigenvalue weighted by atomic mass is 9.90. The molecule has 26 heavy (non-hydrogen) atoms. The summed E-state index contributed by atoms with van der Waals surface area (Å²) < 4.78 is 0. The summed E-state index contributed by atoms with van der Waals surface area (Å²) in [6, 6.07) is 14.5. The van der Waals surface area contributed by atoms with Crippen LogP contribution in [0.3, 0.4) is 0 Å². The van der Waals surface area contributed by atoms with E-state index in [-0.39, 0.29) is 24.1 Å². The average molecular weight is 351 g/mol. The molecule has 2 N–H and O–H groups in total. The molecule has 0 saturated heterocycles. The van der Waals surface area contributed by atoms with Crippen LogP contribution in [-0.2, 0) is 16.1 Å². The summed E-state index contributed by atoms with van der Waals surface area (Å²) in [4.78, 5) is 37.8. The smallest absolute Gasteiger partial charge is 0.253 e. The van der Waals surface area contributed by atoms with Gasteiger partial charge in [-0.3, -0.25) is 14.4 Å². The van der Waals surface area contributed by atoms with Crippen molar-refractivity contribution >= 4 is 23.4 Å². The van der Waals surface area contributed by atoms with E-state index in [2.05, 4.69) is 10.6 Å².